The molecule has 2 aromatic rings. The summed E-state index contributed by atoms with van der Waals surface area (Å²) in [5.74, 6) is -0.874. The molecule has 0 aromatic heterocycles. The van der Waals surface area contributed by atoms with E-state index >= 15 is 0 Å². The molecule has 3 rings (SSSR count). The molecule has 150 valence electrons. The van der Waals surface area contributed by atoms with Gasteiger partial charge in [-0.15, -0.1) is 0 Å². The van der Waals surface area contributed by atoms with Crippen molar-refractivity contribution in [3.05, 3.63) is 59.7 Å². The van der Waals surface area contributed by atoms with Crippen molar-refractivity contribution in [2.45, 2.75) is 45.2 Å². The fraction of sp³-hybridized carbons (Fsp3) is 0.409. The average Bonchev–Trinajstić information content (AvgIpc) is 3.05. The van der Waals surface area contributed by atoms with Crippen molar-refractivity contribution in [2.24, 2.45) is 0 Å². The number of rotatable bonds is 9. The zero-order valence-electron chi connectivity index (χ0n) is 16.1. The fourth-order valence-electron chi connectivity index (χ4n) is 3.32. The molecule has 1 aliphatic heterocycles. The van der Waals surface area contributed by atoms with Gasteiger partial charge in [-0.05, 0) is 36.2 Å². The lowest BCUT2D eigenvalue weighted by Gasteiger charge is -2.18. The zero-order chi connectivity index (χ0) is 19.9. The SMILES string of the molecule is CCCCCOc1ccc(CNC2CC(=O)N(c3c(F)cccc3F)C2)cc1. The van der Waals surface area contributed by atoms with Crippen molar-refractivity contribution < 1.29 is 18.3 Å². The first-order valence-electron chi connectivity index (χ1n) is 9.78. The lowest BCUT2D eigenvalue weighted by atomic mass is 10.2. The van der Waals surface area contributed by atoms with Gasteiger partial charge in [-0.1, -0.05) is 38.0 Å². The topological polar surface area (TPSA) is 41.6 Å². The van der Waals surface area contributed by atoms with E-state index in [1.54, 1.807) is 0 Å². The molecule has 0 saturated carbocycles. The molecule has 1 heterocycles. The van der Waals surface area contributed by atoms with Gasteiger partial charge in [0.1, 0.15) is 23.1 Å². The summed E-state index contributed by atoms with van der Waals surface area (Å²) in [6, 6.07) is 11.3. The molecule has 0 radical (unpaired) electrons. The summed E-state index contributed by atoms with van der Waals surface area (Å²) in [6.45, 7) is 3.70. The van der Waals surface area contributed by atoms with Gasteiger partial charge in [-0.3, -0.25) is 4.79 Å². The Kier molecular flexibility index (Phi) is 6.98. The van der Waals surface area contributed by atoms with Gasteiger partial charge in [0.2, 0.25) is 5.91 Å². The number of unbranched alkanes of at least 4 members (excludes halogenated alkanes) is 2. The number of halogens is 2. The third-order valence-electron chi connectivity index (χ3n) is 4.87. The van der Waals surface area contributed by atoms with Crippen molar-refractivity contribution in [2.75, 3.05) is 18.1 Å². The molecule has 0 bridgehead atoms. The number of carbonyl (C=O) groups excluding carboxylic acids is 1. The van der Waals surface area contributed by atoms with Crippen LogP contribution in [-0.4, -0.2) is 25.1 Å². The lowest BCUT2D eigenvalue weighted by Crippen LogP contribution is -2.33. The van der Waals surface area contributed by atoms with E-state index in [1.807, 2.05) is 24.3 Å². The minimum Gasteiger partial charge on any atom is -0.494 e. The second-order valence-corrected chi connectivity index (χ2v) is 7.06. The van der Waals surface area contributed by atoms with Crippen LogP contribution >= 0.6 is 0 Å². The highest BCUT2D eigenvalue weighted by molar-refractivity contribution is 5.96. The van der Waals surface area contributed by atoms with Crippen LogP contribution in [0.15, 0.2) is 42.5 Å². The van der Waals surface area contributed by atoms with Crippen LogP contribution in [0.2, 0.25) is 0 Å². The summed E-state index contributed by atoms with van der Waals surface area (Å²) in [6.07, 6.45) is 3.59. The fourth-order valence-corrected chi connectivity index (χ4v) is 3.32. The molecule has 0 aliphatic carbocycles. The van der Waals surface area contributed by atoms with Crippen molar-refractivity contribution >= 4 is 11.6 Å². The van der Waals surface area contributed by atoms with E-state index in [2.05, 4.69) is 12.2 Å². The number of nitrogens with one attached hydrogen (secondary N) is 1. The first-order chi connectivity index (χ1) is 13.6. The summed E-state index contributed by atoms with van der Waals surface area (Å²) < 4.78 is 33.6. The molecule has 1 fully saturated rings. The highest BCUT2D eigenvalue weighted by atomic mass is 19.1. The number of anilines is 1. The molecule has 1 amide bonds. The number of nitrogens with zero attached hydrogens (tertiary/aromatic N) is 1. The molecule has 28 heavy (non-hydrogen) atoms. The minimum atomic E-state index is -0.719. The van der Waals surface area contributed by atoms with Gasteiger partial charge < -0.3 is 15.0 Å². The van der Waals surface area contributed by atoms with Gasteiger partial charge in [-0.2, -0.15) is 0 Å². The summed E-state index contributed by atoms with van der Waals surface area (Å²) >= 11 is 0. The Morgan fingerprint density at radius 1 is 1.11 bits per heavy atom. The average molecular weight is 388 g/mol. The second kappa shape index (κ2) is 9.64. The normalized spacial score (nSPS) is 16.6. The van der Waals surface area contributed by atoms with Gasteiger partial charge in [0.15, 0.2) is 0 Å². The molecule has 4 nitrogen and oxygen atoms in total. The van der Waals surface area contributed by atoms with E-state index in [-0.39, 0.29) is 30.6 Å². The van der Waals surface area contributed by atoms with Gasteiger partial charge in [-0.25, -0.2) is 8.78 Å². The molecular weight excluding hydrogens is 362 g/mol. The number of carbonyl (C=O) groups is 1. The Bertz CT molecular complexity index is 775. The van der Waals surface area contributed by atoms with E-state index in [4.69, 9.17) is 4.74 Å². The molecular formula is C22H26F2N2O2. The first kappa shape index (κ1) is 20.3. The Hall–Kier alpha value is -2.47. The lowest BCUT2D eigenvalue weighted by molar-refractivity contribution is -0.117. The third kappa shape index (κ3) is 5.07. The van der Waals surface area contributed by atoms with E-state index in [9.17, 15) is 13.6 Å². The van der Waals surface area contributed by atoms with Gasteiger partial charge in [0.25, 0.3) is 0 Å². The molecule has 6 heteroatoms. The van der Waals surface area contributed by atoms with E-state index in [0.717, 1.165) is 30.8 Å². The Balaban J connectivity index is 1.51. The van der Waals surface area contributed by atoms with Crippen LogP contribution in [0.4, 0.5) is 14.5 Å². The minimum absolute atomic E-state index is 0.156. The molecule has 0 spiro atoms. The van der Waals surface area contributed by atoms with Crippen LogP contribution in [0.5, 0.6) is 5.75 Å². The Morgan fingerprint density at radius 2 is 1.82 bits per heavy atom. The number of amides is 1. The van der Waals surface area contributed by atoms with E-state index < -0.39 is 11.6 Å². The molecule has 1 unspecified atom stereocenters. The second-order valence-electron chi connectivity index (χ2n) is 7.06. The van der Waals surface area contributed by atoms with Crippen molar-refractivity contribution in [3.63, 3.8) is 0 Å². The van der Waals surface area contributed by atoms with Crippen LogP contribution in [-0.2, 0) is 11.3 Å². The number of hydrogen-bond acceptors (Lipinski definition) is 3. The standard InChI is InChI=1S/C22H26F2N2O2/c1-2-3-4-12-28-18-10-8-16(9-11-18)14-25-17-13-21(27)26(15-17)22-19(23)6-5-7-20(22)24/h5-11,17,25H,2-4,12-15H2,1H3. The molecule has 1 atom stereocenters. The largest absolute Gasteiger partial charge is 0.494 e. The quantitative estimate of drug-likeness (QED) is 0.646. The Morgan fingerprint density at radius 3 is 2.50 bits per heavy atom. The summed E-state index contributed by atoms with van der Waals surface area (Å²) in [7, 11) is 0. The van der Waals surface area contributed by atoms with Crippen LogP contribution in [0, 0.1) is 11.6 Å². The first-order valence-corrected chi connectivity index (χ1v) is 9.78. The maximum atomic E-state index is 14.0. The highest BCUT2D eigenvalue weighted by Gasteiger charge is 2.33. The monoisotopic (exact) mass is 388 g/mol. The maximum Gasteiger partial charge on any atom is 0.228 e. The van der Waals surface area contributed by atoms with E-state index in [1.165, 1.54) is 29.5 Å². The number of ether oxygens (including phenoxy) is 1. The predicted octanol–water partition coefficient (Wildman–Crippen LogP) is 4.43. The number of benzene rings is 2. The van der Waals surface area contributed by atoms with Crippen molar-refractivity contribution in [3.8, 4) is 5.75 Å². The highest BCUT2D eigenvalue weighted by Crippen LogP contribution is 2.27. The maximum absolute atomic E-state index is 14.0. The van der Waals surface area contributed by atoms with Gasteiger partial charge in [0, 0.05) is 25.6 Å². The molecule has 2 aromatic carbocycles. The van der Waals surface area contributed by atoms with Crippen LogP contribution in [0.1, 0.15) is 38.2 Å². The van der Waals surface area contributed by atoms with Gasteiger partial charge >= 0.3 is 0 Å². The predicted molar refractivity (Wildman–Crippen MR) is 105 cm³/mol. The smallest absolute Gasteiger partial charge is 0.228 e. The van der Waals surface area contributed by atoms with Crippen molar-refractivity contribution in [1.29, 1.82) is 0 Å². The zero-order valence-corrected chi connectivity index (χ0v) is 16.1. The summed E-state index contributed by atoms with van der Waals surface area (Å²) in [5, 5.41) is 3.30. The van der Waals surface area contributed by atoms with Crippen LogP contribution < -0.4 is 15.0 Å². The van der Waals surface area contributed by atoms with E-state index in [0.29, 0.717) is 6.54 Å². The number of hydrogen-bond donors (Lipinski definition) is 1. The molecule has 1 saturated heterocycles. The number of para-hydroxylation sites is 1. The van der Waals surface area contributed by atoms with Gasteiger partial charge in [0.05, 0.1) is 6.61 Å². The summed E-state index contributed by atoms with van der Waals surface area (Å²) in [4.78, 5) is 13.4. The Labute approximate surface area is 164 Å². The summed E-state index contributed by atoms with van der Waals surface area (Å²) in [5.41, 5.74) is 0.797. The third-order valence-corrected chi connectivity index (χ3v) is 4.87. The van der Waals surface area contributed by atoms with Crippen LogP contribution in [0.3, 0.4) is 0 Å². The van der Waals surface area contributed by atoms with Crippen LogP contribution in [0.25, 0.3) is 0 Å². The van der Waals surface area contributed by atoms with Crippen molar-refractivity contribution in [1.82, 2.24) is 5.32 Å². The molecule has 1 N–H and O–H groups in total. The molecule has 1 aliphatic rings.